The molecule has 0 saturated carbocycles. The van der Waals surface area contributed by atoms with Crippen LogP contribution in [0.5, 0.6) is 0 Å². The molecule has 26 heavy (non-hydrogen) atoms. The van der Waals surface area contributed by atoms with Crippen molar-refractivity contribution in [3.8, 4) is 0 Å². The van der Waals surface area contributed by atoms with Crippen molar-refractivity contribution in [3.63, 3.8) is 0 Å². The number of benzene rings is 1. The fourth-order valence-corrected chi connectivity index (χ4v) is 4.03. The average Bonchev–Trinajstić information content (AvgIpc) is 2.55. The molecule has 0 aliphatic carbocycles. The van der Waals surface area contributed by atoms with Crippen molar-refractivity contribution in [1.82, 2.24) is 9.97 Å². The first-order valence-corrected chi connectivity index (χ1v) is 10.6. The van der Waals surface area contributed by atoms with E-state index in [9.17, 15) is 9.59 Å². The van der Waals surface area contributed by atoms with Crippen LogP contribution in [0.25, 0.3) is 0 Å². The summed E-state index contributed by atoms with van der Waals surface area (Å²) in [6, 6.07) is 5.61. The van der Waals surface area contributed by atoms with E-state index in [2.05, 4.69) is 22.2 Å². The van der Waals surface area contributed by atoms with Gasteiger partial charge in [-0.3, -0.25) is 9.59 Å². The highest BCUT2D eigenvalue weighted by molar-refractivity contribution is 8.00. The highest BCUT2D eigenvalue weighted by Crippen LogP contribution is 2.25. The van der Waals surface area contributed by atoms with Gasteiger partial charge in [0.05, 0.1) is 10.9 Å². The van der Waals surface area contributed by atoms with Crippen LogP contribution in [-0.4, -0.2) is 26.9 Å². The third-order valence-corrected chi connectivity index (χ3v) is 5.70. The van der Waals surface area contributed by atoms with Crippen LogP contribution in [-0.2, 0) is 10.5 Å². The molecule has 0 bridgehead atoms. The molecule has 0 aliphatic rings. The molecule has 140 valence electrons. The number of nitrogens with one attached hydrogen (secondary N) is 2. The molecule has 0 radical (unpaired) electrons. The zero-order valence-electron chi connectivity index (χ0n) is 15.8. The average molecular weight is 392 g/mol. The lowest BCUT2D eigenvalue weighted by atomic mass is 10.1. The first kappa shape index (κ1) is 20.6. The monoisotopic (exact) mass is 391 g/mol. The summed E-state index contributed by atoms with van der Waals surface area (Å²) in [5, 5.41) is 3.10. The predicted molar refractivity (Wildman–Crippen MR) is 111 cm³/mol. The Bertz CT molecular complexity index is 826. The molecule has 0 aliphatic heterocycles. The molecule has 1 heterocycles. The molecule has 1 atom stereocenters. The molecular weight excluding hydrogens is 366 g/mol. The molecule has 1 aromatic heterocycles. The maximum absolute atomic E-state index is 12.6. The van der Waals surface area contributed by atoms with Gasteiger partial charge in [0.1, 0.15) is 0 Å². The Morgan fingerprint density at radius 3 is 2.50 bits per heavy atom. The summed E-state index contributed by atoms with van der Waals surface area (Å²) < 4.78 is 0. The van der Waals surface area contributed by atoms with Crippen LogP contribution in [0.15, 0.2) is 28.2 Å². The third-order valence-electron chi connectivity index (χ3n) is 3.81. The first-order chi connectivity index (χ1) is 12.3. The zero-order valence-corrected chi connectivity index (χ0v) is 17.4. The van der Waals surface area contributed by atoms with Gasteiger partial charge in [0.25, 0.3) is 5.56 Å². The molecule has 1 unspecified atom stereocenters. The summed E-state index contributed by atoms with van der Waals surface area (Å²) in [4.78, 5) is 31.6. The predicted octanol–water partition coefficient (Wildman–Crippen LogP) is 4.07. The summed E-state index contributed by atoms with van der Waals surface area (Å²) in [7, 11) is 0. The second-order valence-electron chi connectivity index (χ2n) is 6.20. The number of aryl methyl sites for hydroxylation is 3. The molecule has 2 rings (SSSR count). The SMILES string of the molecule is CCSCc1cc(=O)[nH]c(SC(C)C(=O)Nc2c(C)cc(C)cc2C)n1. The van der Waals surface area contributed by atoms with Crippen LogP contribution in [0.2, 0.25) is 0 Å². The Kier molecular flexibility index (Phi) is 7.34. The fourth-order valence-electron chi connectivity index (χ4n) is 2.64. The van der Waals surface area contributed by atoms with E-state index in [0.29, 0.717) is 10.9 Å². The van der Waals surface area contributed by atoms with Crippen LogP contribution in [0, 0.1) is 20.8 Å². The summed E-state index contributed by atoms with van der Waals surface area (Å²) >= 11 is 2.97. The molecule has 0 saturated heterocycles. The van der Waals surface area contributed by atoms with Crippen molar-refractivity contribution in [1.29, 1.82) is 0 Å². The lowest BCUT2D eigenvalue weighted by Crippen LogP contribution is -2.24. The highest BCUT2D eigenvalue weighted by atomic mass is 32.2. The highest BCUT2D eigenvalue weighted by Gasteiger charge is 2.18. The van der Waals surface area contributed by atoms with E-state index in [1.807, 2.05) is 39.8 Å². The van der Waals surface area contributed by atoms with E-state index >= 15 is 0 Å². The van der Waals surface area contributed by atoms with Gasteiger partial charge in [0.15, 0.2) is 5.16 Å². The van der Waals surface area contributed by atoms with Gasteiger partial charge in [0.2, 0.25) is 5.91 Å². The number of anilines is 1. The minimum absolute atomic E-state index is 0.110. The van der Waals surface area contributed by atoms with Gasteiger partial charge in [-0.2, -0.15) is 11.8 Å². The number of thioether (sulfide) groups is 2. The zero-order chi connectivity index (χ0) is 19.3. The van der Waals surface area contributed by atoms with Crippen molar-refractivity contribution < 1.29 is 4.79 Å². The molecule has 2 N–H and O–H groups in total. The van der Waals surface area contributed by atoms with Crippen LogP contribution in [0.4, 0.5) is 5.69 Å². The van der Waals surface area contributed by atoms with Crippen molar-refractivity contribution in [2.45, 2.75) is 50.8 Å². The number of nitrogens with zero attached hydrogens (tertiary/aromatic N) is 1. The van der Waals surface area contributed by atoms with E-state index < -0.39 is 0 Å². The number of hydrogen-bond donors (Lipinski definition) is 2. The molecular formula is C19H25N3O2S2. The van der Waals surface area contributed by atoms with E-state index in [-0.39, 0.29) is 16.7 Å². The molecule has 1 amide bonds. The minimum Gasteiger partial charge on any atom is -0.325 e. The van der Waals surface area contributed by atoms with Crippen molar-refractivity contribution >= 4 is 35.1 Å². The summed E-state index contributed by atoms with van der Waals surface area (Å²) in [5.74, 6) is 1.54. The van der Waals surface area contributed by atoms with E-state index in [1.54, 1.807) is 11.8 Å². The van der Waals surface area contributed by atoms with Crippen LogP contribution < -0.4 is 10.9 Å². The molecule has 1 aromatic carbocycles. The molecule has 0 fully saturated rings. The smallest absolute Gasteiger partial charge is 0.251 e. The van der Waals surface area contributed by atoms with Crippen LogP contribution >= 0.6 is 23.5 Å². The number of carbonyl (C=O) groups is 1. The molecule has 7 heteroatoms. The Labute approximate surface area is 162 Å². The van der Waals surface area contributed by atoms with Crippen LogP contribution in [0.1, 0.15) is 36.2 Å². The number of aromatic amines is 1. The maximum Gasteiger partial charge on any atom is 0.251 e. The largest absolute Gasteiger partial charge is 0.325 e. The fraction of sp³-hybridized carbons (Fsp3) is 0.421. The summed E-state index contributed by atoms with van der Waals surface area (Å²) in [6.07, 6.45) is 0. The van der Waals surface area contributed by atoms with Gasteiger partial charge in [-0.25, -0.2) is 4.98 Å². The topological polar surface area (TPSA) is 74.8 Å². The lowest BCUT2D eigenvalue weighted by molar-refractivity contribution is -0.115. The van der Waals surface area contributed by atoms with Crippen molar-refractivity contribution in [3.05, 3.63) is 50.9 Å². The van der Waals surface area contributed by atoms with Crippen LogP contribution in [0.3, 0.4) is 0 Å². The third kappa shape index (κ3) is 5.64. The number of H-pyrrole nitrogens is 1. The number of aromatic nitrogens is 2. The Morgan fingerprint density at radius 1 is 1.23 bits per heavy atom. The minimum atomic E-state index is -0.382. The standard InChI is InChI=1S/C19H25N3O2S2/c1-6-25-10-15-9-16(23)21-19(20-15)26-14(5)18(24)22-17-12(3)7-11(2)8-13(17)4/h7-9,14H,6,10H2,1-5H3,(H,22,24)(H,20,21,23). The number of carbonyl (C=O) groups excluding carboxylic acids is 1. The quantitative estimate of drug-likeness (QED) is 0.550. The summed E-state index contributed by atoms with van der Waals surface area (Å²) in [5.41, 5.74) is 4.65. The van der Waals surface area contributed by atoms with Gasteiger partial charge in [-0.1, -0.05) is 36.4 Å². The van der Waals surface area contributed by atoms with Crippen molar-refractivity contribution in [2.75, 3.05) is 11.1 Å². The van der Waals surface area contributed by atoms with Gasteiger partial charge in [0, 0.05) is 17.5 Å². The van der Waals surface area contributed by atoms with E-state index in [0.717, 1.165) is 28.3 Å². The van der Waals surface area contributed by atoms with E-state index in [4.69, 9.17) is 0 Å². The Hall–Kier alpha value is -1.73. The second-order valence-corrected chi connectivity index (χ2v) is 8.81. The number of rotatable bonds is 7. The second kappa shape index (κ2) is 9.28. The number of hydrogen-bond acceptors (Lipinski definition) is 5. The molecule has 0 spiro atoms. The van der Waals surface area contributed by atoms with Gasteiger partial charge < -0.3 is 10.3 Å². The Balaban J connectivity index is 2.10. The van der Waals surface area contributed by atoms with Crippen molar-refractivity contribution in [2.24, 2.45) is 0 Å². The van der Waals surface area contributed by atoms with Gasteiger partial charge >= 0.3 is 0 Å². The maximum atomic E-state index is 12.6. The van der Waals surface area contributed by atoms with Gasteiger partial charge in [-0.05, 0) is 44.6 Å². The Morgan fingerprint density at radius 2 is 1.88 bits per heavy atom. The molecule has 2 aromatic rings. The summed E-state index contributed by atoms with van der Waals surface area (Å²) in [6.45, 7) is 9.89. The van der Waals surface area contributed by atoms with E-state index in [1.165, 1.54) is 23.4 Å². The number of amides is 1. The first-order valence-electron chi connectivity index (χ1n) is 8.53. The van der Waals surface area contributed by atoms with Gasteiger partial charge in [-0.15, -0.1) is 0 Å². The lowest BCUT2D eigenvalue weighted by Gasteiger charge is -2.16. The molecule has 5 nitrogen and oxygen atoms in total. The normalized spacial score (nSPS) is 12.0.